The number of hydrogen-bond donors (Lipinski definition) is 2. The molecule has 3 heterocycles. The molecule has 206 valence electrons. The topological polar surface area (TPSA) is 71.4 Å². The van der Waals surface area contributed by atoms with E-state index in [1.807, 2.05) is 42.5 Å². The number of hydrogen-bond acceptors (Lipinski definition) is 4. The molecular weight excluding hydrogens is 518 g/mol. The minimum absolute atomic E-state index is 0.104. The molecule has 0 saturated carbocycles. The van der Waals surface area contributed by atoms with E-state index < -0.39 is 0 Å². The van der Waals surface area contributed by atoms with Gasteiger partial charge in [-0.25, -0.2) is 0 Å². The molecule has 1 saturated heterocycles. The molecule has 0 unspecified atom stereocenters. The fourth-order valence-corrected chi connectivity index (χ4v) is 5.93. The molecule has 2 aromatic carbocycles. The zero-order valence-corrected chi connectivity index (χ0v) is 24.4. The number of pyridine rings is 1. The minimum atomic E-state index is -0.154. The molecule has 1 amide bonds. The first-order valence-corrected chi connectivity index (χ1v) is 13.9. The summed E-state index contributed by atoms with van der Waals surface area (Å²) in [4.78, 5) is 19.8. The number of carbonyl (C=O) groups excluding carboxylic acids is 1. The van der Waals surface area contributed by atoms with Gasteiger partial charge in [-0.2, -0.15) is 0 Å². The van der Waals surface area contributed by atoms with Crippen LogP contribution in [0, 0.1) is 27.7 Å². The van der Waals surface area contributed by atoms with Gasteiger partial charge in [0.05, 0.1) is 30.6 Å². The molecule has 5 rings (SSSR count). The van der Waals surface area contributed by atoms with Crippen LogP contribution < -0.4 is 15.4 Å². The third-order valence-corrected chi connectivity index (χ3v) is 8.12. The van der Waals surface area contributed by atoms with Gasteiger partial charge >= 0.3 is 0 Å². The van der Waals surface area contributed by atoms with E-state index in [0.29, 0.717) is 23.1 Å². The second-order valence-corrected chi connectivity index (χ2v) is 10.6. The number of anilines is 1. The molecule has 2 atom stereocenters. The van der Waals surface area contributed by atoms with Crippen LogP contribution >= 0.6 is 12.2 Å². The fraction of sp³-hybridized carbons (Fsp3) is 0.281. The number of benzene rings is 2. The molecule has 7 nitrogen and oxygen atoms in total. The van der Waals surface area contributed by atoms with Gasteiger partial charge in [0.1, 0.15) is 5.75 Å². The van der Waals surface area contributed by atoms with Crippen molar-refractivity contribution in [3.63, 3.8) is 0 Å². The molecular formula is C32H35N5O2S. The molecule has 40 heavy (non-hydrogen) atoms. The maximum absolute atomic E-state index is 13.0. The van der Waals surface area contributed by atoms with Crippen molar-refractivity contribution in [1.29, 1.82) is 0 Å². The molecule has 2 N–H and O–H groups in total. The van der Waals surface area contributed by atoms with Crippen LogP contribution in [-0.2, 0) is 4.79 Å². The monoisotopic (exact) mass is 553 g/mol. The third kappa shape index (κ3) is 5.19. The summed E-state index contributed by atoms with van der Waals surface area (Å²) >= 11 is 5.86. The van der Waals surface area contributed by atoms with E-state index in [0.717, 1.165) is 22.6 Å². The van der Waals surface area contributed by atoms with Crippen molar-refractivity contribution < 1.29 is 9.53 Å². The molecule has 0 spiro atoms. The average Bonchev–Trinajstić information content (AvgIpc) is 3.44. The normalized spacial score (nSPS) is 16.6. The first kappa shape index (κ1) is 27.4. The Kier molecular flexibility index (Phi) is 7.89. The van der Waals surface area contributed by atoms with Crippen molar-refractivity contribution in [2.75, 3.05) is 19.0 Å². The molecule has 1 fully saturated rings. The lowest BCUT2D eigenvalue weighted by molar-refractivity contribution is -0.116. The van der Waals surface area contributed by atoms with Crippen molar-refractivity contribution in [3.8, 4) is 11.4 Å². The SMILES string of the molecule is COc1ccccc1NC(=O)CCN1C(=S)N[C@@H](c2ccccn2)[C@H]1c1cc(C)n(-c2cccc(C)c2C)c1C. The van der Waals surface area contributed by atoms with Crippen molar-refractivity contribution in [2.24, 2.45) is 0 Å². The quantitative estimate of drug-likeness (QED) is 0.256. The Morgan fingerprint density at radius 1 is 1.05 bits per heavy atom. The number of amides is 1. The zero-order valence-electron chi connectivity index (χ0n) is 23.6. The van der Waals surface area contributed by atoms with Gasteiger partial charge in [0.15, 0.2) is 5.11 Å². The van der Waals surface area contributed by atoms with Crippen LogP contribution in [0.1, 0.15) is 52.3 Å². The Balaban J connectivity index is 1.49. The van der Waals surface area contributed by atoms with Gasteiger partial charge in [-0.3, -0.25) is 9.78 Å². The molecule has 1 aliphatic rings. The van der Waals surface area contributed by atoms with Crippen molar-refractivity contribution in [1.82, 2.24) is 19.8 Å². The molecule has 8 heteroatoms. The summed E-state index contributed by atoms with van der Waals surface area (Å²) in [5.41, 5.74) is 8.69. The summed E-state index contributed by atoms with van der Waals surface area (Å²) in [5, 5.41) is 7.11. The van der Waals surface area contributed by atoms with Gasteiger partial charge in [0.2, 0.25) is 5.91 Å². The molecule has 0 radical (unpaired) electrons. The summed E-state index contributed by atoms with van der Waals surface area (Å²) in [6.07, 6.45) is 2.07. The highest BCUT2D eigenvalue weighted by Gasteiger charge is 2.41. The number of nitrogens with zero attached hydrogens (tertiary/aromatic N) is 3. The van der Waals surface area contributed by atoms with Crippen LogP contribution in [0.2, 0.25) is 0 Å². The van der Waals surface area contributed by atoms with E-state index in [1.165, 1.54) is 16.8 Å². The zero-order chi connectivity index (χ0) is 28.4. The molecule has 2 aromatic heterocycles. The van der Waals surface area contributed by atoms with Crippen LogP contribution in [-0.4, -0.2) is 39.1 Å². The number of nitrogens with one attached hydrogen (secondary N) is 2. The maximum Gasteiger partial charge on any atom is 0.226 e. The number of methoxy groups -OCH3 is 1. The summed E-state index contributed by atoms with van der Waals surface area (Å²) < 4.78 is 7.71. The number of thiocarbonyl (C=S) groups is 1. The average molecular weight is 554 g/mol. The lowest BCUT2D eigenvalue weighted by Crippen LogP contribution is -2.33. The van der Waals surface area contributed by atoms with E-state index in [-0.39, 0.29) is 24.4 Å². The fourth-order valence-electron chi connectivity index (χ4n) is 5.60. The Morgan fingerprint density at radius 3 is 2.58 bits per heavy atom. The van der Waals surface area contributed by atoms with Gasteiger partial charge in [-0.1, -0.05) is 30.3 Å². The summed E-state index contributed by atoms with van der Waals surface area (Å²) in [7, 11) is 1.59. The van der Waals surface area contributed by atoms with E-state index in [9.17, 15) is 4.79 Å². The standard InChI is InChI=1S/C32H35N5O2S/c1-20-11-10-14-27(22(20)3)37-21(2)19-24(23(37)4)31-30(26-13-8-9-17-33-26)35-32(40)36(31)18-16-29(38)34-25-12-6-7-15-28(25)39-5/h6-15,17,19,30-31H,16,18H2,1-5H3,(H,34,38)(H,35,40)/t30-,31+/m0/s1. The van der Waals surface area contributed by atoms with E-state index >= 15 is 0 Å². The van der Waals surface area contributed by atoms with Crippen LogP contribution in [0.15, 0.2) is 72.9 Å². The highest BCUT2D eigenvalue weighted by Crippen LogP contribution is 2.41. The molecule has 1 aliphatic heterocycles. The minimum Gasteiger partial charge on any atom is -0.495 e. The second kappa shape index (κ2) is 11.5. The Labute approximate surface area is 241 Å². The van der Waals surface area contributed by atoms with Crippen molar-refractivity contribution in [2.45, 2.75) is 46.2 Å². The Bertz CT molecular complexity index is 1550. The summed E-state index contributed by atoms with van der Waals surface area (Å²) in [6, 6.07) is 21.7. The predicted molar refractivity (Wildman–Crippen MR) is 163 cm³/mol. The number of ether oxygens (including phenoxy) is 1. The first-order valence-electron chi connectivity index (χ1n) is 13.5. The smallest absolute Gasteiger partial charge is 0.226 e. The largest absolute Gasteiger partial charge is 0.495 e. The number of aromatic nitrogens is 2. The lowest BCUT2D eigenvalue weighted by Gasteiger charge is -2.28. The van der Waals surface area contributed by atoms with E-state index in [2.05, 4.69) is 77.0 Å². The summed E-state index contributed by atoms with van der Waals surface area (Å²) in [5.74, 6) is 0.523. The number of aryl methyl sites for hydroxylation is 2. The number of rotatable bonds is 8. The second-order valence-electron chi connectivity index (χ2n) is 10.2. The molecule has 4 aromatic rings. The van der Waals surface area contributed by atoms with Crippen LogP contribution in [0.5, 0.6) is 5.75 Å². The van der Waals surface area contributed by atoms with Crippen LogP contribution in [0.4, 0.5) is 5.69 Å². The van der Waals surface area contributed by atoms with Crippen molar-refractivity contribution in [3.05, 3.63) is 107 Å². The van der Waals surface area contributed by atoms with Crippen LogP contribution in [0.25, 0.3) is 5.69 Å². The van der Waals surface area contributed by atoms with Gasteiger partial charge in [0, 0.05) is 36.2 Å². The Hall–Kier alpha value is -4.17. The molecule has 0 bridgehead atoms. The predicted octanol–water partition coefficient (Wildman–Crippen LogP) is 6.12. The lowest BCUT2D eigenvalue weighted by atomic mass is 9.96. The van der Waals surface area contributed by atoms with Crippen LogP contribution in [0.3, 0.4) is 0 Å². The summed E-state index contributed by atoms with van der Waals surface area (Å²) in [6.45, 7) is 9.06. The van der Waals surface area contributed by atoms with E-state index in [1.54, 1.807) is 13.3 Å². The molecule has 0 aliphatic carbocycles. The van der Waals surface area contributed by atoms with Crippen molar-refractivity contribution >= 4 is 28.9 Å². The Morgan fingerprint density at radius 2 is 1.82 bits per heavy atom. The maximum atomic E-state index is 13.0. The van der Waals surface area contributed by atoms with Gasteiger partial charge in [-0.05, 0) is 93.0 Å². The number of para-hydroxylation sites is 2. The first-order chi connectivity index (χ1) is 19.3. The highest BCUT2D eigenvalue weighted by molar-refractivity contribution is 7.80. The number of carbonyl (C=O) groups is 1. The van der Waals surface area contributed by atoms with Gasteiger partial charge in [-0.15, -0.1) is 0 Å². The highest BCUT2D eigenvalue weighted by atomic mass is 32.1. The van der Waals surface area contributed by atoms with Gasteiger partial charge < -0.3 is 24.8 Å². The van der Waals surface area contributed by atoms with E-state index in [4.69, 9.17) is 17.0 Å². The van der Waals surface area contributed by atoms with Gasteiger partial charge in [0.25, 0.3) is 0 Å². The third-order valence-electron chi connectivity index (χ3n) is 7.76.